The number of nitrogens with zero attached hydrogens (tertiary/aromatic N) is 3. The van der Waals surface area contributed by atoms with Crippen LogP contribution >= 0.6 is 0 Å². The average molecular weight is 328 g/mol. The third-order valence-electron chi connectivity index (χ3n) is 3.53. The first kappa shape index (κ1) is 15.7. The first-order chi connectivity index (χ1) is 11.6. The lowest BCUT2D eigenvalue weighted by molar-refractivity contribution is 0.0507. The van der Waals surface area contributed by atoms with Gasteiger partial charge in [0, 0.05) is 6.42 Å². The Hall–Kier alpha value is -3.16. The number of aromatic nitrogens is 2. The van der Waals surface area contributed by atoms with E-state index in [-0.39, 0.29) is 24.1 Å². The Labute approximate surface area is 137 Å². The van der Waals surface area contributed by atoms with E-state index in [0.717, 1.165) is 5.56 Å². The fourth-order valence-corrected chi connectivity index (χ4v) is 2.35. The molecule has 2 aromatic rings. The summed E-state index contributed by atoms with van der Waals surface area (Å²) in [7, 11) is 0. The van der Waals surface area contributed by atoms with Gasteiger partial charge in [-0.15, -0.1) is 0 Å². The molecule has 1 atom stereocenters. The number of rotatable bonds is 4. The zero-order chi connectivity index (χ0) is 17.1. The third kappa shape index (κ3) is 2.98. The molecule has 0 saturated carbocycles. The molecular formula is C16H16N4O4. The number of nitrogens with one attached hydrogen (secondary N) is 1. The number of carbonyl (C=O) groups is 1. The van der Waals surface area contributed by atoms with Crippen molar-refractivity contribution in [2.45, 2.75) is 19.4 Å². The molecule has 0 aliphatic carbocycles. The first-order valence-electron chi connectivity index (χ1n) is 7.42. The van der Waals surface area contributed by atoms with Crippen LogP contribution in [0.4, 0.5) is 0 Å². The highest BCUT2D eigenvalue weighted by Gasteiger charge is 2.26. The van der Waals surface area contributed by atoms with Crippen LogP contribution in [0.2, 0.25) is 0 Å². The molecule has 1 aromatic carbocycles. The van der Waals surface area contributed by atoms with Gasteiger partial charge in [0.2, 0.25) is 0 Å². The SMILES string of the molecule is CCOC(=O)c1nc(C2=NOC(c3ccccc3)C2)cn(O)c1=N. The lowest BCUT2D eigenvalue weighted by atomic mass is 10.0. The maximum absolute atomic E-state index is 11.9. The summed E-state index contributed by atoms with van der Waals surface area (Å²) in [6, 6.07) is 9.59. The zero-order valence-corrected chi connectivity index (χ0v) is 13.0. The fraction of sp³-hybridized carbons (Fsp3) is 0.250. The molecule has 0 bridgehead atoms. The van der Waals surface area contributed by atoms with Crippen LogP contribution in [-0.2, 0) is 9.57 Å². The number of benzene rings is 1. The number of hydrogen-bond acceptors (Lipinski definition) is 7. The summed E-state index contributed by atoms with van der Waals surface area (Å²) in [6.07, 6.45) is 1.41. The summed E-state index contributed by atoms with van der Waals surface area (Å²) in [5.41, 5.74) is 0.988. The molecule has 1 aliphatic heterocycles. The molecule has 0 spiro atoms. The van der Waals surface area contributed by atoms with Crippen LogP contribution < -0.4 is 5.49 Å². The Morgan fingerprint density at radius 1 is 1.46 bits per heavy atom. The van der Waals surface area contributed by atoms with E-state index in [2.05, 4.69) is 10.1 Å². The van der Waals surface area contributed by atoms with Gasteiger partial charge >= 0.3 is 5.97 Å². The Balaban J connectivity index is 1.88. The molecule has 8 nitrogen and oxygen atoms in total. The minimum absolute atomic E-state index is 0.149. The second kappa shape index (κ2) is 6.53. The minimum Gasteiger partial charge on any atom is -0.461 e. The fourth-order valence-electron chi connectivity index (χ4n) is 2.35. The van der Waals surface area contributed by atoms with Crippen LogP contribution in [0.1, 0.15) is 41.2 Å². The average Bonchev–Trinajstić information content (AvgIpc) is 3.08. The number of oxime groups is 1. The van der Waals surface area contributed by atoms with Gasteiger partial charge in [0.15, 0.2) is 17.3 Å². The molecule has 1 aliphatic rings. The van der Waals surface area contributed by atoms with Gasteiger partial charge in [-0.25, -0.2) is 9.78 Å². The van der Waals surface area contributed by atoms with E-state index in [0.29, 0.717) is 16.9 Å². The topological polar surface area (TPSA) is 110 Å². The maximum atomic E-state index is 11.9. The van der Waals surface area contributed by atoms with Crippen molar-refractivity contribution in [3.8, 4) is 0 Å². The predicted molar refractivity (Wildman–Crippen MR) is 82.6 cm³/mol. The van der Waals surface area contributed by atoms with Crippen molar-refractivity contribution >= 4 is 11.7 Å². The highest BCUT2D eigenvalue weighted by atomic mass is 16.6. The Kier molecular flexibility index (Phi) is 4.28. The number of ether oxygens (including phenoxy) is 1. The van der Waals surface area contributed by atoms with Gasteiger partial charge in [0.05, 0.1) is 12.8 Å². The highest BCUT2D eigenvalue weighted by Crippen LogP contribution is 2.28. The molecule has 3 rings (SSSR count). The molecule has 2 N–H and O–H groups in total. The molecule has 2 heterocycles. The van der Waals surface area contributed by atoms with Gasteiger partial charge in [-0.2, -0.15) is 4.73 Å². The lowest BCUT2D eigenvalue weighted by Gasteiger charge is -2.08. The van der Waals surface area contributed by atoms with Crippen molar-refractivity contribution in [3.63, 3.8) is 0 Å². The van der Waals surface area contributed by atoms with Gasteiger partial charge < -0.3 is 14.8 Å². The normalized spacial score (nSPS) is 16.4. The minimum atomic E-state index is -0.772. The van der Waals surface area contributed by atoms with Crippen molar-refractivity contribution in [3.05, 3.63) is 59.0 Å². The van der Waals surface area contributed by atoms with Crippen molar-refractivity contribution in [1.29, 1.82) is 5.41 Å². The van der Waals surface area contributed by atoms with Crippen molar-refractivity contribution < 1.29 is 19.6 Å². The number of hydrogen-bond donors (Lipinski definition) is 2. The van der Waals surface area contributed by atoms with E-state index >= 15 is 0 Å². The quantitative estimate of drug-likeness (QED) is 0.655. The molecule has 0 saturated heterocycles. The molecule has 124 valence electrons. The van der Waals surface area contributed by atoms with Crippen molar-refractivity contribution in [2.75, 3.05) is 6.61 Å². The van der Waals surface area contributed by atoms with Crippen LogP contribution in [-0.4, -0.2) is 33.2 Å². The predicted octanol–water partition coefficient (Wildman–Crippen LogP) is 1.64. The van der Waals surface area contributed by atoms with E-state index in [1.807, 2.05) is 30.3 Å². The third-order valence-corrected chi connectivity index (χ3v) is 3.53. The van der Waals surface area contributed by atoms with Gasteiger partial charge in [-0.1, -0.05) is 35.5 Å². The van der Waals surface area contributed by atoms with E-state index in [9.17, 15) is 10.0 Å². The highest BCUT2D eigenvalue weighted by molar-refractivity contribution is 6.00. The second-order valence-corrected chi connectivity index (χ2v) is 5.14. The molecular weight excluding hydrogens is 312 g/mol. The molecule has 1 unspecified atom stereocenters. The summed E-state index contributed by atoms with van der Waals surface area (Å²) >= 11 is 0. The standard InChI is InChI=1S/C16H16N4O4/c1-2-23-16(21)14-15(17)20(22)9-12(18-14)11-8-13(24-19-11)10-6-4-3-5-7-10/h3-7,9,13,17,22H,2,8H2,1H3. The monoisotopic (exact) mass is 328 g/mol. The Bertz CT molecular complexity index is 845. The maximum Gasteiger partial charge on any atom is 0.360 e. The van der Waals surface area contributed by atoms with Crippen LogP contribution in [0, 0.1) is 5.41 Å². The van der Waals surface area contributed by atoms with Gasteiger partial charge in [-0.05, 0) is 12.5 Å². The largest absolute Gasteiger partial charge is 0.461 e. The summed E-state index contributed by atoms with van der Waals surface area (Å²) in [4.78, 5) is 21.4. The summed E-state index contributed by atoms with van der Waals surface area (Å²) in [6.45, 7) is 1.80. The van der Waals surface area contributed by atoms with Crippen molar-refractivity contribution in [1.82, 2.24) is 9.71 Å². The van der Waals surface area contributed by atoms with E-state index in [1.54, 1.807) is 6.92 Å². The van der Waals surface area contributed by atoms with Gasteiger partial charge in [0.1, 0.15) is 11.4 Å². The summed E-state index contributed by atoms with van der Waals surface area (Å²) in [5.74, 6) is -0.772. The number of esters is 1. The lowest BCUT2D eigenvalue weighted by Crippen LogP contribution is -2.29. The van der Waals surface area contributed by atoms with E-state index in [1.165, 1.54) is 6.20 Å². The summed E-state index contributed by atoms with van der Waals surface area (Å²) in [5, 5.41) is 21.5. The van der Waals surface area contributed by atoms with Crippen molar-refractivity contribution in [2.24, 2.45) is 5.16 Å². The molecule has 8 heteroatoms. The molecule has 0 radical (unpaired) electrons. The first-order valence-corrected chi connectivity index (χ1v) is 7.42. The summed E-state index contributed by atoms with van der Waals surface area (Å²) < 4.78 is 5.38. The number of carbonyl (C=O) groups excluding carboxylic acids is 1. The smallest absolute Gasteiger partial charge is 0.360 e. The second-order valence-electron chi connectivity index (χ2n) is 5.14. The van der Waals surface area contributed by atoms with Crippen LogP contribution in [0.3, 0.4) is 0 Å². The van der Waals surface area contributed by atoms with E-state index < -0.39 is 11.5 Å². The van der Waals surface area contributed by atoms with Gasteiger partial charge in [0.25, 0.3) is 0 Å². The molecule has 0 amide bonds. The molecule has 24 heavy (non-hydrogen) atoms. The van der Waals surface area contributed by atoms with Crippen LogP contribution in [0.25, 0.3) is 0 Å². The Morgan fingerprint density at radius 3 is 2.92 bits per heavy atom. The molecule has 0 fully saturated rings. The Morgan fingerprint density at radius 2 is 2.21 bits per heavy atom. The molecule has 1 aromatic heterocycles. The van der Waals surface area contributed by atoms with Gasteiger partial charge in [-0.3, -0.25) is 5.41 Å². The van der Waals surface area contributed by atoms with E-state index in [4.69, 9.17) is 15.0 Å². The van der Waals surface area contributed by atoms with Crippen LogP contribution in [0.5, 0.6) is 0 Å². The van der Waals surface area contributed by atoms with Crippen LogP contribution in [0.15, 0.2) is 41.7 Å². The zero-order valence-electron chi connectivity index (χ0n) is 13.0.